The van der Waals surface area contributed by atoms with Crippen molar-refractivity contribution in [1.29, 1.82) is 0 Å². The molecule has 2 N–H and O–H groups in total. The van der Waals surface area contributed by atoms with Crippen LogP contribution in [-0.4, -0.2) is 51.3 Å². The van der Waals surface area contributed by atoms with Gasteiger partial charge < -0.3 is 24.6 Å². The predicted molar refractivity (Wildman–Crippen MR) is 74.8 cm³/mol. The third kappa shape index (κ3) is 6.18. The Morgan fingerprint density at radius 1 is 1.35 bits per heavy atom. The lowest BCUT2D eigenvalue weighted by Crippen LogP contribution is -2.25. The molecular formula is C14H22FNO4. The van der Waals surface area contributed by atoms with Gasteiger partial charge in [-0.3, -0.25) is 0 Å². The lowest BCUT2D eigenvalue weighted by atomic mass is 10.2. The predicted octanol–water partition coefficient (Wildman–Crippen LogP) is 1.66. The van der Waals surface area contributed by atoms with Crippen LogP contribution < -0.4 is 10.1 Å². The summed E-state index contributed by atoms with van der Waals surface area (Å²) in [6.45, 7) is 3.62. The first-order chi connectivity index (χ1) is 9.67. The Morgan fingerprint density at radius 2 is 2.15 bits per heavy atom. The molecule has 1 aromatic carbocycles. The van der Waals surface area contributed by atoms with Crippen molar-refractivity contribution >= 4 is 5.69 Å². The Morgan fingerprint density at radius 3 is 2.80 bits per heavy atom. The monoisotopic (exact) mass is 287 g/mol. The first-order valence-electron chi connectivity index (χ1n) is 6.58. The van der Waals surface area contributed by atoms with E-state index >= 15 is 0 Å². The molecule has 0 saturated carbocycles. The Hall–Kier alpha value is -1.37. The number of hydrogen-bond donors (Lipinski definition) is 2. The largest absolute Gasteiger partial charge is 0.491 e. The van der Waals surface area contributed by atoms with Gasteiger partial charge in [0.25, 0.3) is 0 Å². The Labute approximate surface area is 118 Å². The molecule has 0 saturated heterocycles. The van der Waals surface area contributed by atoms with Gasteiger partial charge in [-0.1, -0.05) is 0 Å². The minimum absolute atomic E-state index is 0.204. The lowest BCUT2D eigenvalue weighted by Gasteiger charge is -2.14. The molecule has 0 aromatic heterocycles. The summed E-state index contributed by atoms with van der Waals surface area (Å²) in [6, 6.07) is 4.60. The average Bonchev–Trinajstić information content (AvgIpc) is 2.44. The van der Waals surface area contributed by atoms with E-state index in [1.165, 1.54) is 6.07 Å². The van der Waals surface area contributed by atoms with Crippen LogP contribution in [0, 0.1) is 5.82 Å². The van der Waals surface area contributed by atoms with Crippen molar-refractivity contribution in [3.05, 3.63) is 24.0 Å². The zero-order valence-corrected chi connectivity index (χ0v) is 11.9. The summed E-state index contributed by atoms with van der Waals surface area (Å²) in [5.41, 5.74) is 0.585. The minimum atomic E-state index is -0.665. The summed E-state index contributed by atoms with van der Waals surface area (Å²) in [6.07, 6.45) is -0.665. The molecule has 0 spiro atoms. The van der Waals surface area contributed by atoms with E-state index in [-0.39, 0.29) is 18.9 Å². The fourth-order valence-electron chi connectivity index (χ4n) is 1.54. The van der Waals surface area contributed by atoms with Crippen LogP contribution in [0.5, 0.6) is 5.75 Å². The highest BCUT2D eigenvalue weighted by molar-refractivity contribution is 5.47. The zero-order valence-electron chi connectivity index (χ0n) is 11.9. The molecule has 20 heavy (non-hydrogen) atoms. The molecule has 0 heterocycles. The number of aliphatic hydroxyl groups excluding tert-OH is 1. The SMILES string of the molecule is CCOc1ccc(NCC(O)COCCOC)cc1F. The van der Waals surface area contributed by atoms with Crippen molar-refractivity contribution in [2.75, 3.05) is 45.4 Å². The van der Waals surface area contributed by atoms with E-state index in [9.17, 15) is 9.50 Å². The molecule has 0 amide bonds. The van der Waals surface area contributed by atoms with E-state index in [1.807, 2.05) is 0 Å². The molecule has 0 aliphatic heterocycles. The molecule has 5 nitrogen and oxygen atoms in total. The van der Waals surface area contributed by atoms with Crippen LogP contribution in [-0.2, 0) is 9.47 Å². The van der Waals surface area contributed by atoms with Gasteiger partial charge >= 0.3 is 0 Å². The van der Waals surface area contributed by atoms with Gasteiger partial charge in [-0.2, -0.15) is 0 Å². The third-order valence-electron chi connectivity index (χ3n) is 2.52. The van der Waals surface area contributed by atoms with Crippen LogP contribution in [0.3, 0.4) is 0 Å². The van der Waals surface area contributed by atoms with Gasteiger partial charge in [0.2, 0.25) is 0 Å². The molecule has 0 aliphatic carbocycles. The van der Waals surface area contributed by atoms with E-state index in [0.29, 0.717) is 25.5 Å². The van der Waals surface area contributed by atoms with Crippen LogP contribution in [0.2, 0.25) is 0 Å². The summed E-state index contributed by atoms with van der Waals surface area (Å²) < 4.78 is 28.7. The van der Waals surface area contributed by atoms with Crippen LogP contribution in [0.4, 0.5) is 10.1 Å². The molecule has 1 aromatic rings. The number of hydrogen-bond acceptors (Lipinski definition) is 5. The summed E-state index contributed by atoms with van der Waals surface area (Å²) in [5, 5.41) is 12.6. The molecule has 1 rings (SSSR count). The smallest absolute Gasteiger partial charge is 0.167 e. The summed E-state index contributed by atoms with van der Waals surface area (Å²) >= 11 is 0. The molecular weight excluding hydrogens is 265 g/mol. The first kappa shape index (κ1) is 16.7. The minimum Gasteiger partial charge on any atom is -0.491 e. The highest BCUT2D eigenvalue weighted by Gasteiger charge is 2.07. The van der Waals surface area contributed by atoms with Crippen molar-refractivity contribution in [3.8, 4) is 5.75 Å². The number of benzene rings is 1. The highest BCUT2D eigenvalue weighted by atomic mass is 19.1. The molecule has 0 fully saturated rings. The highest BCUT2D eigenvalue weighted by Crippen LogP contribution is 2.21. The number of aliphatic hydroxyl groups is 1. The second-order valence-electron chi connectivity index (χ2n) is 4.18. The number of ether oxygens (including phenoxy) is 3. The molecule has 0 bridgehead atoms. The van der Waals surface area contributed by atoms with Crippen molar-refractivity contribution in [2.45, 2.75) is 13.0 Å². The van der Waals surface area contributed by atoms with Crippen molar-refractivity contribution in [3.63, 3.8) is 0 Å². The van der Waals surface area contributed by atoms with Crippen molar-refractivity contribution in [1.82, 2.24) is 0 Å². The lowest BCUT2D eigenvalue weighted by molar-refractivity contribution is 0.0182. The topological polar surface area (TPSA) is 60.0 Å². The molecule has 1 atom stereocenters. The fraction of sp³-hybridized carbons (Fsp3) is 0.571. The summed E-state index contributed by atoms with van der Waals surface area (Å²) in [7, 11) is 1.59. The Bertz CT molecular complexity index is 389. The van der Waals surface area contributed by atoms with Gasteiger partial charge in [-0.05, 0) is 19.1 Å². The molecule has 1 unspecified atom stereocenters. The summed E-state index contributed by atoms with van der Waals surface area (Å²) in [5.74, 6) is -0.204. The standard InChI is InChI=1S/C14H22FNO4/c1-3-20-14-5-4-11(8-13(14)15)16-9-12(17)10-19-7-6-18-2/h4-5,8,12,16-17H,3,6-7,9-10H2,1-2H3. The molecule has 114 valence electrons. The van der Waals surface area contributed by atoms with Gasteiger partial charge in [0, 0.05) is 25.4 Å². The number of rotatable bonds is 10. The van der Waals surface area contributed by atoms with E-state index in [0.717, 1.165) is 0 Å². The van der Waals surface area contributed by atoms with Crippen LogP contribution in [0.25, 0.3) is 0 Å². The van der Waals surface area contributed by atoms with Gasteiger partial charge in [-0.15, -0.1) is 0 Å². The maximum Gasteiger partial charge on any atom is 0.167 e. The van der Waals surface area contributed by atoms with E-state index in [4.69, 9.17) is 14.2 Å². The quantitative estimate of drug-likeness (QED) is 0.641. The van der Waals surface area contributed by atoms with E-state index in [1.54, 1.807) is 26.2 Å². The second kappa shape index (κ2) is 9.52. The molecule has 6 heteroatoms. The first-order valence-corrected chi connectivity index (χ1v) is 6.58. The third-order valence-corrected chi connectivity index (χ3v) is 2.52. The second-order valence-corrected chi connectivity index (χ2v) is 4.18. The Kier molecular flexibility index (Phi) is 7.94. The zero-order chi connectivity index (χ0) is 14.8. The van der Waals surface area contributed by atoms with Crippen molar-refractivity contribution in [2.24, 2.45) is 0 Å². The average molecular weight is 287 g/mol. The normalized spacial score (nSPS) is 12.2. The number of anilines is 1. The molecule has 0 radical (unpaired) electrons. The number of nitrogens with one attached hydrogen (secondary N) is 1. The van der Waals surface area contributed by atoms with Gasteiger partial charge in [0.05, 0.1) is 32.5 Å². The maximum absolute atomic E-state index is 13.6. The van der Waals surface area contributed by atoms with Gasteiger partial charge in [0.1, 0.15) is 0 Å². The van der Waals surface area contributed by atoms with Crippen LogP contribution in [0.15, 0.2) is 18.2 Å². The number of methoxy groups -OCH3 is 1. The van der Waals surface area contributed by atoms with Crippen LogP contribution >= 0.6 is 0 Å². The molecule has 0 aliphatic rings. The van der Waals surface area contributed by atoms with Crippen molar-refractivity contribution < 1.29 is 23.7 Å². The maximum atomic E-state index is 13.6. The Balaban J connectivity index is 2.32. The summed E-state index contributed by atoms with van der Waals surface area (Å²) in [4.78, 5) is 0. The number of halogens is 1. The van der Waals surface area contributed by atoms with Gasteiger partial charge in [0.15, 0.2) is 11.6 Å². The van der Waals surface area contributed by atoms with E-state index < -0.39 is 11.9 Å². The van der Waals surface area contributed by atoms with Gasteiger partial charge in [-0.25, -0.2) is 4.39 Å². The van der Waals surface area contributed by atoms with Crippen LogP contribution in [0.1, 0.15) is 6.92 Å². The fourth-order valence-corrected chi connectivity index (χ4v) is 1.54. The van der Waals surface area contributed by atoms with E-state index in [2.05, 4.69) is 5.32 Å².